The van der Waals surface area contributed by atoms with Crippen LogP contribution in [0.15, 0.2) is 42.7 Å². The Labute approximate surface area is 141 Å². The molecule has 1 aromatic heterocycles. The zero-order valence-electron chi connectivity index (χ0n) is 13.6. The molecule has 24 heavy (non-hydrogen) atoms. The van der Waals surface area contributed by atoms with E-state index in [9.17, 15) is 4.79 Å². The number of ether oxygens (including phenoxy) is 1. The lowest BCUT2D eigenvalue weighted by molar-refractivity contribution is -0.139. The Bertz CT molecular complexity index is 718. The number of aromatic nitrogens is 2. The normalized spacial score (nSPS) is 18.2. The minimum atomic E-state index is -0.559. The third-order valence-corrected chi connectivity index (χ3v) is 4.26. The van der Waals surface area contributed by atoms with Crippen LogP contribution in [0, 0.1) is 11.3 Å². The zero-order chi connectivity index (χ0) is 16.9. The summed E-state index contributed by atoms with van der Waals surface area (Å²) in [6, 6.07) is 10.9. The lowest BCUT2D eigenvalue weighted by Gasteiger charge is -2.27. The molecule has 6 heteroatoms. The van der Waals surface area contributed by atoms with Gasteiger partial charge in [-0.15, -0.1) is 0 Å². The predicted molar refractivity (Wildman–Crippen MR) is 88.2 cm³/mol. The van der Waals surface area contributed by atoms with E-state index in [0.717, 1.165) is 19.4 Å². The van der Waals surface area contributed by atoms with E-state index < -0.39 is 6.10 Å². The molecule has 0 saturated carbocycles. The van der Waals surface area contributed by atoms with Crippen LogP contribution in [-0.2, 0) is 11.3 Å². The maximum atomic E-state index is 12.7. The highest BCUT2D eigenvalue weighted by molar-refractivity contribution is 5.81. The SMILES string of the molecule is C[C@H](Oc1ccc(C#N)cc1)C(=O)N1CCC[C@@H]1Cn1cccn1. The Balaban J connectivity index is 1.62. The van der Waals surface area contributed by atoms with Gasteiger partial charge in [-0.05, 0) is 50.1 Å². The van der Waals surface area contributed by atoms with E-state index in [4.69, 9.17) is 10.00 Å². The molecule has 6 nitrogen and oxygen atoms in total. The van der Waals surface area contributed by atoms with Crippen molar-refractivity contribution in [2.24, 2.45) is 0 Å². The molecule has 1 aliphatic heterocycles. The molecular weight excluding hydrogens is 304 g/mol. The molecule has 1 amide bonds. The van der Waals surface area contributed by atoms with Crippen molar-refractivity contribution in [3.63, 3.8) is 0 Å². The largest absolute Gasteiger partial charge is 0.481 e. The van der Waals surface area contributed by atoms with Crippen molar-refractivity contribution in [2.75, 3.05) is 6.54 Å². The smallest absolute Gasteiger partial charge is 0.263 e. The van der Waals surface area contributed by atoms with Crippen LogP contribution in [-0.4, -0.2) is 39.3 Å². The lowest BCUT2D eigenvalue weighted by atomic mass is 10.2. The number of amides is 1. The van der Waals surface area contributed by atoms with E-state index >= 15 is 0 Å². The topological polar surface area (TPSA) is 71.2 Å². The molecule has 3 rings (SSSR count). The van der Waals surface area contributed by atoms with Crippen LogP contribution >= 0.6 is 0 Å². The van der Waals surface area contributed by atoms with E-state index in [1.165, 1.54) is 0 Å². The molecule has 2 atom stereocenters. The number of carbonyl (C=O) groups is 1. The number of nitrogens with zero attached hydrogens (tertiary/aromatic N) is 4. The van der Waals surface area contributed by atoms with Gasteiger partial charge in [0.1, 0.15) is 5.75 Å². The molecule has 1 aromatic carbocycles. The van der Waals surface area contributed by atoms with Gasteiger partial charge in [-0.2, -0.15) is 10.4 Å². The molecule has 1 fully saturated rings. The summed E-state index contributed by atoms with van der Waals surface area (Å²) >= 11 is 0. The zero-order valence-corrected chi connectivity index (χ0v) is 13.6. The molecule has 2 aromatic rings. The Morgan fingerprint density at radius 1 is 1.46 bits per heavy atom. The third-order valence-electron chi connectivity index (χ3n) is 4.26. The number of hydrogen-bond acceptors (Lipinski definition) is 4. The van der Waals surface area contributed by atoms with Crippen LogP contribution in [0.3, 0.4) is 0 Å². The summed E-state index contributed by atoms with van der Waals surface area (Å²) in [6.07, 6.45) is 5.09. The minimum Gasteiger partial charge on any atom is -0.481 e. The van der Waals surface area contributed by atoms with Gasteiger partial charge in [0.15, 0.2) is 6.10 Å². The van der Waals surface area contributed by atoms with Gasteiger partial charge in [0.2, 0.25) is 0 Å². The summed E-state index contributed by atoms with van der Waals surface area (Å²) in [5, 5.41) is 13.0. The monoisotopic (exact) mass is 324 g/mol. The van der Waals surface area contributed by atoms with Crippen LogP contribution in [0.25, 0.3) is 0 Å². The highest BCUT2D eigenvalue weighted by Crippen LogP contribution is 2.21. The Kier molecular flexibility index (Phi) is 4.80. The third kappa shape index (κ3) is 3.57. The van der Waals surface area contributed by atoms with E-state index in [1.54, 1.807) is 37.4 Å². The van der Waals surface area contributed by atoms with E-state index in [0.29, 0.717) is 17.9 Å². The fraction of sp³-hybridized carbons (Fsp3) is 0.389. The molecular formula is C18H20N4O2. The van der Waals surface area contributed by atoms with Crippen molar-refractivity contribution in [1.29, 1.82) is 5.26 Å². The minimum absolute atomic E-state index is 0.00554. The van der Waals surface area contributed by atoms with Crippen molar-refractivity contribution in [1.82, 2.24) is 14.7 Å². The van der Waals surface area contributed by atoms with E-state index in [2.05, 4.69) is 11.2 Å². The Morgan fingerprint density at radius 2 is 2.25 bits per heavy atom. The molecule has 2 heterocycles. The summed E-state index contributed by atoms with van der Waals surface area (Å²) < 4.78 is 7.61. The number of rotatable bonds is 5. The first-order valence-corrected chi connectivity index (χ1v) is 8.12. The summed E-state index contributed by atoms with van der Waals surface area (Å²) in [5.74, 6) is 0.590. The molecule has 0 bridgehead atoms. The summed E-state index contributed by atoms with van der Waals surface area (Å²) in [7, 11) is 0. The van der Waals surface area contributed by atoms with E-state index in [-0.39, 0.29) is 11.9 Å². The van der Waals surface area contributed by atoms with Crippen LogP contribution in [0.1, 0.15) is 25.3 Å². The highest BCUT2D eigenvalue weighted by atomic mass is 16.5. The maximum absolute atomic E-state index is 12.7. The van der Waals surface area contributed by atoms with Crippen LogP contribution in [0.5, 0.6) is 5.75 Å². The van der Waals surface area contributed by atoms with E-state index in [1.807, 2.05) is 21.8 Å². The standard InChI is InChI=1S/C18H20N4O2/c1-14(24-17-7-5-15(12-19)6-8-17)18(23)22-11-2-4-16(22)13-21-10-3-9-20-21/h3,5-10,14,16H,2,4,11,13H2,1H3/t14-,16+/m0/s1. The fourth-order valence-corrected chi connectivity index (χ4v) is 3.04. The first kappa shape index (κ1) is 16.1. The maximum Gasteiger partial charge on any atom is 0.263 e. The molecule has 0 spiro atoms. The number of carbonyl (C=O) groups excluding carboxylic acids is 1. The molecule has 0 unspecified atom stereocenters. The molecule has 0 aliphatic carbocycles. The fourth-order valence-electron chi connectivity index (χ4n) is 3.04. The van der Waals surface area contributed by atoms with Crippen molar-refractivity contribution >= 4 is 5.91 Å². The first-order chi connectivity index (χ1) is 11.7. The van der Waals surface area contributed by atoms with Gasteiger partial charge >= 0.3 is 0 Å². The summed E-state index contributed by atoms with van der Waals surface area (Å²) in [4.78, 5) is 14.6. The predicted octanol–water partition coefficient (Wildman–Crippen LogP) is 2.21. The molecule has 1 saturated heterocycles. The number of benzene rings is 1. The van der Waals surface area contributed by atoms with Crippen molar-refractivity contribution in [3.05, 3.63) is 48.3 Å². The summed E-state index contributed by atoms with van der Waals surface area (Å²) in [6.45, 7) is 3.23. The average Bonchev–Trinajstić information content (AvgIpc) is 3.27. The van der Waals surface area contributed by atoms with Gasteiger partial charge in [-0.1, -0.05) is 0 Å². The molecule has 0 N–H and O–H groups in total. The summed E-state index contributed by atoms with van der Waals surface area (Å²) in [5.41, 5.74) is 0.570. The van der Waals surface area contributed by atoms with Crippen LogP contribution in [0.2, 0.25) is 0 Å². The lowest BCUT2D eigenvalue weighted by Crippen LogP contribution is -2.44. The second-order valence-electron chi connectivity index (χ2n) is 5.95. The Hall–Kier alpha value is -2.81. The van der Waals surface area contributed by atoms with Gasteiger partial charge < -0.3 is 9.64 Å². The number of nitriles is 1. The second kappa shape index (κ2) is 7.18. The van der Waals surface area contributed by atoms with Crippen molar-refractivity contribution in [3.8, 4) is 11.8 Å². The van der Waals surface area contributed by atoms with Gasteiger partial charge in [-0.25, -0.2) is 0 Å². The molecule has 124 valence electrons. The number of likely N-dealkylation sites (tertiary alicyclic amines) is 1. The van der Waals surface area contributed by atoms with Gasteiger partial charge in [0.25, 0.3) is 5.91 Å². The number of hydrogen-bond donors (Lipinski definition) is 0. The molecule has 1 aliphatic rings. The quantitative estimate of drug-likeness (QED) is 0.845. The van der Waals surface area contributed by atoms with Crippen molar-refractivity contribution < 1.29 is 9.53 Å². The van der Waals surface area contributed by atoms with Crippen molar-refractivity contribution in [2.45, 2.75) is 38.5 Å². The Morgan fingerprint density at radius 3 is 2.92 bits per heavy atom. The van der Waals surface area contributed by atoms with Crippen LogP contribution in [0.4, 0.5) is 0 Å². The van der Waals surface area contributed by atoms with Gasteiger partial charge in [-0.3, -0.25) is 9.48 Å². The van der Waals surface area contributed by atoms with Gasteiger partial charge in [0, 0.05) is 18.9 Å². The molecule has 0 radical (unpaired) electrons. The first-order valence-electron chi connectivity index (χ1n) is 8.12. The van der Waals surface area contributed by atoms with Gasteiger partial charge in [0.05, 0.1) is 24.2 Å². The van der Waals surface area contributed by atoms with Crippen LogP contribution < -0.4 is 4.74 Å². The average molecular weight is 324 g/mol. The second-order valence-corrected chi connectivity index (χ2v) is 5.95. The highest BCUT2D eigenvalue weighted by Gasteiger charge is 2.32.